The zero-order chi connectivity index (χ0) is 12.4. The molecule has 1 heterocycles. The number of para-hydroxylation sites is 1. The van der Waals surface area contributed by atoms with E-state index in [1.54, 1.807) is 0 Å². The molecule has 18 heavy (non-hydrogen) atoms. The Kier molecular flexibility index (Phi) is 3.25. The Morgan fingerprint density at radius 3 is 2.72 bits per heavy atom. The van der Waals surface area contributed by atoms with Crippen molar-refractivity contribution in [3.8, 4) is 0 Å². The van der Waals surface area contributed by atoms with Gasteiger partial charge in [-0.3, -0.25) is 0 Å². The van der Waals surface area contributed by atoms with Gasteiger partial charge in [-0.05, 0) is 25.0 Å². The first-order valence-corrected chi connectivity index (χ1v) is 6.98. The van der Waals surface area contributed by atoms with Gasteiger partial charge in [-0.1, -0.05) is 36.0 Å². The fourth-order valence-corrected chi connectivity index (χ4v) is 3.27. The second-order valence-electron chi connectivity index (χ2n) is 4.54. The lowest BCUT2D eigenvalue weighted by molar-refractivity contribution is 0.163. The van der Waals surface area contributed by atoms with E-state index in [2.05, 4.69) is 15.5 Å². The van der Waals surface area contributed by atoms with Crippen LogP contribution in [0.3, 0.4) is 0 Å². The standard InChI is InChI=1S/C13H15N3OS/c17-11-8-4-7-10(11)12-15-16-13(18-12)14-9-5-2-1-3-6-9/h1-3,5-6,10-11,17H,4,7-8H2,(H,14,16)/t10-,11-/m1/s1. The van der Waals surface area contributed by atoms with Gasteiger partial charge in [0, 0.05) is 11.6 Å². The number of hydrogen-bond donors (Lipinski definition) is 2. The molecular formula is C13H15N3OS. The van der Waals surface area contributed by atoms with E-state index in [-0.39, 0.29) is 12.0 Å². The molecule has 2 aromatic rings. The Labute approximate surface area is 110 Å². The lowest BCUT2D eigenvalue weighted by atomic mass is 10.1. The van der Waals surface area contributed by atoms with Crippen molar-refractivity contribution in [1.82, 2.24) is 10.2 Å². The zero-order valence-corrected chi connectivity index (χ0v) is 10.7. The second kappa shape index (κ2) is 5.04. The monoisotopic (exact) mass is 261 g/mol. The van der Waals surface area contributed by atoms with E-state index in [0.29, 0.717) is 0 Å². The predicted molar refractivity (Wildman–Crippen MR) is 72.2 cm³/mol. The number of nitrogens with zero attached hydrogens (tertiary/aromatic N) is 2. The van der Waals surface area contributed by atoms with Crippen LogP contribution >= 0.6 is 11.3 Å². The molecule has 1 aromatic heterocycles. The van der Waals surface area contributed by atoms with Crippen molar-refractivity contribution in [2.75, 3.05) is 5.32 Å². The van der Waals surface area contributed by atoms with Crippen molar-refractivity contribution in [2.24, 2.45) is 0 Å². The first-order chi connectivity index (χ1) is 8.83. The van der Waals surface area contributed by atoms with Crippen molar-refractivity contribution < 1.29 is 5.11 Å². The normalized spacial score (nSPS) is 23.2. The van der Waals surface area contributed by atoms with Crippen LogP contribution in [-0.4, -0.2) is 21.4 Å². The molecule has 1 aliphatic carbocycles. The van der Waals surface area contributed by atoms with E-state index in [4.69, 9.17) is 0 Å². The molecule has 2 atom stereocenters. The summed E-state index contributed by atoms with van der Waals surface area (Å²) in [6, 6.07) is 9.92. The summed E-state index contributed by atoms with van der Waals surface area (Å²) in [5.74, 6) is 0.175. The molecule has 0 saturated heterocycles. The van der Waals surface area contributed by atoms with Crippen LogP contribution in [0.15, 0.2) is 30.3 Å². The maximum Gasteiger partial charge on any atom is 0.210 e. The summed E-state index contributed by atoms with van der Waals surface area (Å²) < 4.78 is 0. The maximum atomic E-state index is 9.86. The predicted octanol–water partition coefficient (Wildman–Crippen LogP) is 2.91. The number of aliphatic hydroxyl groups is 1. The molecular weight excluding hydrogens is 246 g/mol. The fourth-order valence-electron chi connectivity index (χ4n) is 2.31. The van der Waals surface area contributed by atoms with Crippen LogP contribution in [0.5, 0.6) is 0 Å². The van der Waals surface area contributed by atoms with Crippen LogP contribution < -0.4 is 5.32 Å². The molecule has 0 radical (unpaired) electrons. The third-order valence-electron chi connectivity index (χ3n) is 3.26. The summed E-state index contributed by atoms with van der Waals surface area (Å²) in [5, 5.41) is 23.1. The Balaban J connectivity index is 1.74. The molecule has 0 bridgehead atoms. The number of anilines is 2. The van der Waals surface area contributed by atoms with Crippen LogP contribution in [-0.2, 0) is 0 Å². The van der Waals surface area contributed by atoms with Crippen LogP contribution in [0, 0.1) is 0 Å². The Bertz CT molecular complexity index is 514. The smallest absolute Gasteiger partial charge is 0.210 e. The second-order valence-corrected chi connectivity index (χ2v) is 5.55. The van der Waals surface area contributed by atoms with Crippen molar-refractivity contribution >= 4 is 22.2 Å². The van der Waals surface area contributed by atoms with E-state index in [1.807, 2.05) is 30.3 Å². The first kappa shape index (κ1) is 11.6. The molecule has 2 N–H and O–H groups in total. The quantitative estimate of drug-likeness (QED) is 0.892. The highest BCUT2D eigenvalue weighted by Crippen LogP contribution is 2.37. The van der Waals surface area contributed by atoms with Gasteiger partial charge in [0.15, 0.2) is 0 Å². The van der Waals surface area contributed by atoms with Gasteiger partial charge in [0.1, 0.15) is 5.01 Å². The third-order valence-corrected chi connectivity index (χ3v) is 4.23. The number of hydrogen-bond acceptors (Lipinski definition) is 5. The average molecular weight is 261 g/mol. The molecule has 0 spiro atoms. The van der Waals surface area contributed by atoms with Crippen molar-refractivity contribution in [2.45, 2.75) is 31.3 Å². The van der Waals surface area contributed by atoms with E-state index < -0.39 is 0 Å². The minimum atomic E-state index is -0.248. The van der Waals surface area contributed by atoms with Crippen molar-refractivity contribution in [3.63, 3.8) is 0 Å². The summed E-state index contributed by atoms with van der Waals surface area (Å²) in [7, 11) is 0. The van der Waals surface area contributed by atoms with Crippen LogP contribution in [0.25, 0.3) is 0 Å². The SMILES string of the molecule is O[C@@H]1CCC[C@H]1c1nnc(Nc2ccccc2)s1. The molecule has 0 aliphatic heterocycles. The average Bonchev–Trinajstić information content (AvgIpc) is 2.99. The molecule has 5 heteroatoms. The van der Waals surface area contributed by atoms with Crippen LogP contribution in [0.4, 0.5) is 10.8 Å². The van der Waals surface area contributed by atoms with Gasteiger partial charge in [-0.2, -0.15) is 0 Å². The molecule has 1 saturated carbocycles. The summed E-state index contributed by atoms with van der Waals surface area (Å²) in [6.07, 6.45) is 2.72. The minimum absolute atomic E-state index is 0.175. The van der Waals surface area contributed by atoms with Gasteiger partial charge in [-0.25, -0.2) is 0 Å². The van der Waals surface area contributed by atoms with Gasteiger partial charge < -0.3 is 10.4 Å². The van der Waals surface area contributed by atoms with E-state index in [9.17, 15) is 5.11 Å². The number of benzene rings is 1. The topological polar surface area (TPSA) is 58.0 Å². The highest BCUT2D eigenvalue weighted by Gasteiger charge is 2.29. The van der Waals surface area contributed by atoms with Gasteiger partial charge in [-0.15, -0.1) is 10.2 Å². The van der Waals surface area contributed by atoms with E-state index >= 15 is 0 Å². The molecule has 0 unspecified atom stereocenters. The van der Waals surface area contributed by atoms with E-state index in [0.717, 1.165) is 35.1 Å². The number of aromatic nitrogens is 2. The zero-order valence-electron chi connectivity index (χ0n) is 9.91. The lowest BCUT2D eigenvalue weighted by Crippen LogP contribution is -2.10. The Hall–Kier alpha value is -1.46. The first-order valence-electron chi connectivity index (χ1n) is 6.16. The Morgan fingerprint density at radius 2 is 2.00 bits per heavy atom. The molecule has 1 aromatic carbocycles. The summed E-state index contributed by atoms with van der Waals surface area (Å²) in [4.78, 5) is 0. The summed E-state index contributed by atoms with van der Waals surface area (Å²) >= 11 is 1.54. The lowest BCUT2D eigenvalue weighted by Gasteiger charge is -2.09. The minimum Gasteiger partial charge on any atom is -0.392 e. The Morgan fingerprint density at radius 1 is 1.17 bits per heavy atom. The fraction of sp³-hybridized carbons (Fsp3) is 0.385. The van der Waals surface area contributed by atoms with Gasteiger partial charge in [0.25, 0.3) is 0 Å². The van der Waals surface area contributed by atoms with Gasteiger partial charge in [0.2, 0.25) is 5.13 Å². The van der Waals surface area contributed by atoms with Crippen LogP contribution in [0.2, 0.25) is 0 Å². The maximum absolute atomic E-state index is 9.86. The van der Waals surface area contributed by atoms with Gasteiger partial charge >= 0.3 is 0 Å². The molecule has 94 valence electrons. The van der Waals surface area contributed by atoms with Crippen LogP contribution in [0.1, 0.15) is 30.2 Å². The van der Waals surface area contributed by atoms with Gasteiger partial charge in [0.05, 0.1) is 6.10 Å². The van der Waals surface area contributed by atoms with Crippen molar-refractivity contribution in [3.05, 3.63) is 35.3 Å². The molecule has 1 fully saturated rings. The third kappa shape index (κ3) is 2.37. The molecule has 1 aliphatic rings. The molecule has 3 rings (SSSR count). The van der Waals surface area contributed by atoms with Crippen molar-refractivity contribution in [1.29, 1.82) is 0 Å². The summed E-state index contributed by atoms with van der Waals surface area (Å²) in [5.41, 5.74) is 1.01. The summed E-state index contributed by atoms with van der Waals surface area (Å²) in [6.45, 7) is 0. The highest BCUT2D eigenvalue weighted by molar-refractivity contribution is 7.15. The number of rotatable bonds is 3. The largest absolute Gasteiger partial charge is 0.392 e. The molecule has 4 nitrogen and oxygen atoms in total. The molecule has 0 amide bonds. The number of nitrogens with one attached hydrogen (secondary N) is 1. The van der Waals surface area contributed by atoms with E-state index in [1.165, 1.54) is 11.3 Å². The highest BCUT2D eigenvalue weighted by atomic mass is 32.1. The number of aliphatic hydroxyl groups excluding tert-OH is 1.